The van der Waals surface area contributed by atoms with Crippen molar-refractivity contribution < 1.29 is 0 Å². The Morgan fingerprint density at radius 2 is 0.786 bits per heavy atom. The van der Waals surface area contributed by atoms with Gasteiger partial charge in [-0.15, -0.1) is 0 Å². The van der Waals surface area contributed by atoms with E-state index in [1.807, 2.05) is 0 Å². The predicted molar refractivity (Wildman–Crippen MR) is 235 cm³/mol. The molecule has 1 N–H and O–H groups in total. The standard InChI is InChI=1S/C54H38N2/c1-5-15-37(16-6-1)39-25-29-43(30-26-39)50-33-45(34-51(55-50)44-31-27-40(28-32-44)38-17-7-2-8-18-38)48-35-53-54(47-24-14-13-23-46(47)48)49(41-19-9-3-10-20-41)36-52(56-53)42-21-11-4-12-22-42/h1-36,52,56H. The van der Waals surface area contributed by atoms with E-state index < -0.39 is 0 Å². The molecule has 0 amide bonds. The highest BCUT2D eigenvalue weighted by atomic mass is 14.9. The molecule has 0 spiro atoms. The van der Waals surface area contributed by atoms with E-state index in [1.54, 1.807) is 0 Å². The summed E-state index contributed by atoms with van der Waals surface area (Å²) in [7, 11) is 0. The third-order valence-corrected chi connectivity index (χ3v) is 10.9. The maximum Gasteiger partial charge on any atom is 0.0715 e. The first-order chi connectivity index (χ1) is 27.7. The lowest BCUT2D eigenvalue weighted by atomic mass is 9.84. The van der Waals surface area contributed by atoms with Crippen molar-refractivity contribution in [1.29, 1.82) is 0 Å². The van der Waals surface area contributed by atoms with Crippen LogP contribution in [0.2, 0.25) is 0 Å². The van der Waals surface area contributed by atoms with E-state index >= 15 is 0 Å². The summed E-state index contributed by atoms with van der Waals surface area (Å²) in [5.74, 6) is 0. The van der Waals surface area contributed by atoms with Crippen molar-refractivity contribution in [2.45, 2.75) is 6.04 Å². The third-order valence-electron chi connectivity index (χ3n) is 10.9. The minimum absolute atomic E-state index is 0.0164. The summed E-state index contributed by atoms with van der Waals surface area (Å²) < 4.78 is 0. The number of rotatable bonds is 7. The van der Waals surface area contributed by atoms with Gasteiger partial charge in [0.1, 0.15) is 0 Å². The van der Waals surface area contributed by atoms with Crippen molar-refractivity contribution in [2.24, 2.45) is 0 Å². The Morgan fingerprint density at radius 1 is 0.357 bits per heavy atom. The van der Waals surface area contributed by atoms with Crippen LogP contribution < -0.4 is 5.32 Å². The summed E-state index contributed by atoms with van der Waals surface area (Å²) in [4.78, 5) is 5.35. The maximum absolute atomic E-state index is 5.35. The van der Waals surface area contributed by atoms with Gasteiger partial charge >= 0.3 is 0 Å². The highest BCUT2D eigenvalue weighted by Gasteiger charge is 2.25. The van der Waals surface area contributed by atoms with Gasteiger partial charge in [-0.1, -0.05) is 194 Å². The summed E-state index contributed by atoms with van der Waals surface area (Å²) in [5, 5.41) is 6.38. The number of benzene rings is 8. The molecule has 2 nitrogen and oxygen atoms in total. The average Bonchev–Trinajstić information content (AvgIpc) is 3.29. The molecule has 0 bridgehead atoms. The number of pyridine rings is 1. The van der Waals surface area contributed by atoms with Crippen molar-refractivity contribution in [3.05, 3.63) is 235 Å². The van der Waals surface area contributed by atoms with Crippen LogP contribution in [-0.2, 0) is 0 Å². The lowest BCUT2D eigenvalue weighted by Crippen LogP contribution is -2.15. The van der Waals surface area contributed by atoms with Crippen LogP contribution in [-0.4, -0.2) is 4.98 Å². The normalized spacial score (nSPS) is 13.4. The minimum Gasteiger partial charge on any atom is -0.374 e. The number of fused-ring (bicyclic) bond motifs is 3. The van der Waals surface area contributed by atoms with Gasteiger partial charge in [0.25, 0.3) is 0 Å². The molecule has 1 unspecified atom stereocenters. The summed E-state index contributed by atoms with van der Waals surface area (Å²) >= 11 is 0. The quantitative estimate of drug-likeness (QED) is 0.178. The first kappa shape index (κ1) is 33.3. The van der Waals surface area contributed by atoms with Gasteiger partial charge in [0.2, 0.25) is 0 Å². The molecule has 0 radical (unpaired) electrons. The third kappa shape index (κ3) is 6.38. The Hall–Kier alpha value is -7.29. The largest absolute Gasteiger partial charge is 0.374 e. The molecule has 1 aliphatic heterocycles. The Labute approximate surface area is 328 Å². The zero-order chi connectivity index (χ0) is 37.3. The van der Waals surface area contributed by atoms with E-state index in [0.717, 1.165) is 33.8 Å². The number of nitrogens with one attached hydrogen (secondary N) is 1. The van der Waals surface area contributed by atoms with E-state index in [4.69, 9.17) is 4.98 Å². The van der Waals surface area contributed by atoms with Crippen molar-refractivity contribution in [1.82, 2.24) is 4.98 Å². The lowest BCUT2D eigenvalue weighted by Gasteiger charge is -2.29. The van der Waals surface area contributed by atoms with E-state index in [2.05, 4.69) is 224 Å². The van der Waals surface area contributed by atoms with E-state index in [-0.39, 0.29) is 6.04 Å². The zero-order valence-electron chi connectivity index (χ0n) is 30.8. The van der Waals surface area contributed by atoms with Crippen LogP contribution in [0.5, 0.6) is 0 Å². The molecule has 1 aliphatic rings. The molecule has 0 saturated carbocycles. The summed E-state index contributed by atoms with van der Waals surface area (Å²) in [6.45, 7) is 0. The van der Waals surface area contributed by atoms with Gasteiger partial charge in [0, 0.05) is 22.4 Å². The maximum atomic E-state index is 5.35. The SMILES string of the molecule is C1=C(c2ccccc2)c2c(cc(-c3cc(-c4ccc(-c5ccccc5)cc4)nc(-c4ccc(-c5ccccc5)cc4)c3)c3ccccc23)NC1c1ccccc1. The van der Waals surface area contributed by atoms with Crippen LogP contribution >= 0.6 is 0 Å². The number of hydrogen-bond donors (Lipinski definition) is 1. The molecule has 9 aromatic rings. The van der Waals surface area contributed by atoms with Gasteiger partial charge in [0.15, 0.2) is 0 Å². The topological polar surface area (TPSA) is 24.9 Å². The fourth-order valence-electron chi connectivity index (χ4n) is 8.09. The van der Waals surface area contributed by atoms with Crippen LogP contribution in [0.3, 0.4) is 0 Å². The predicted octanol–water partition coefficient (Wildman–Crippen LogP) is 14.2. The molecular weight excluding hydrogens is 677 g/mol. The number of anilines is 1. The molecule has 1 aromatic heterocycles. The summed E-state index contributed by atoms with van der Waals surface area (Å²) in [6.07, 6.45) is 2.39. The highest BCUT2D eigenvalue weighted by molar-refractivity contribution is 6.10. The molecule has 0 aliphatic carbocycles. The Balaban J connectivity index is 1.16. The second-order valence-corrected chi connectivity index (χ2v) is 14.4. The first-order valence-corrected chi connectivity index (χ1v) is 19.2. The summed E-state index contributed by atoms with van der Waals surface area (Å²) in [6, 6.07) is 75.9. The average molecular weight is 715 g/mol. The number of aromatic nitrogens is 1. The van der Waals surface area contributed by atoms with Crippen LogP contribution in [0.4, 0.5) is 5.69 Å². The van der Waals surface area contributed by atoms with Crippen molar-refractivity contribution >= 4 is 22.0 Å². The Morgan fingerprint density at radius 3 is 1.32 bits per heavy atom. The van der Waals surface area contributed by atoms with E-state index in [1.165, 1.54) is 60.9 Å². The molecule has 0 fully saturated rings. The van der Waals surface area contributed by atoms with Crippen LogP contribution in [0.15, 0.2) is 218 Å². The molecule has 56 heavy (non-hydrogen) atoms. The molecule has 264 valence electrons. The van der Waals surface area contributed by atoms with Gasteiger partial charge in [-0.25, -0.2) is 4.98 Å². The van der Waals surface area contributed by atoms with Crippen molar-refractivity contribution in [3.8, 4) is 55.9 Å². The van der Waals surface area contributed by atoms with Crippen LogP contribution in [0.1, 0.15) is 22.7 Å². The van der Waals surface area contributed by atoms with E-state index in [9.17, 15) is 0 Å². The Kier molecular flexibility index (Phi) is 8.62. The molecule has 8 aromatic carbocycles. The molecule has 2 heteroatoms. The second-order valence-electron chi connectivity index (χ2n) is 14.4. The van der Waals surface area contributed by atoms with Gasteiger partial charge in [-0.3, -0.25) is 0 Å². The van der Waals surface area contributed by atoms with Gasteiger partial charge in [0.05, 0.1) is 17.4 Å². The fraction of sp³-hybridized carbons (Fsp3) is 0.0185. The first-order valence-electron chi connectivity index (χ1n) is 19.2. The van der Waals surface area contributed by atoms with Gasteiger partial charge in [-0.2, -0.15) is 0 Å². The van der Waals surface area contributed by atoms with E-state index in [0.29, 0.717) is 0 Å². The number of nitrogens with zero attached hydrogens (tertiary/aromatic N) is 1. The minimum atomic E-state index is 0.0164. The van der Waals surface area contributed by atoms with Crippen LogP contribution in [0, 0.1) is 0 Å². The smallest absolute Gasteiger partial charge is 0.0715 e. The van der Waals surface area contributed by atoms with Crippen LogP contribution in [0.25, 0.3) is 72.2 Å². The fourth-order valence-corrected chi connectivity index (χ4v) is 8.09. The van der Waals surface area contributed by atoms with Crippen molar-refractivity contribution in [3.63, 3.8) is 0 Å². The van der Waals surface area contributed by atoms with Crippen molar-refractivity contribution in [2.75, 3.05) is 5.32 Å². The number of hydrogen-bond acceptors (Lipinski definition) is 2. The van der Waals surface area contributed by atoms with Gasteiger partial charge < -0.3 is 5.32 Å². The molecule has 1 atom stereocenters. The lowest BCUT2D eigenvalue weighted by molar-refractivity contribution is 0.975. The molecular formula is C54H38N2. The second kappa shape index (κ2) is 14.5. The summed E-state index contributed by atoms with van der Waals surface area (Å²) in [5.41, 5.74) is 17.1. The van der Waals surface area contributed by atoms with Gasteiger partial charge in [-0.05, 0) is 85.1 Å². The highest BCUT2D eigenvalue weighted by Crippen LogP contribution is 2.46. The molecule has 2 heterocycles. The monoisotopic (exact) mass is 714 g/mol. The molecule has 10 rings (SSSR count). The molecule has 0 saturated heterocycles. The zero-order valence-corrected chi connectivity index (χ0v) is 30.8. The Bertz CT molecular complexity index is 2730.